The van der Waals surface area contributed by atoms with E-state index in [-0.39, 0.29) is 0 Å². The van der Waals surface area contributed by atoms with E-state index in [1.165, 1.54) is 0 Å². The molecule has 0 radical (unpaired) electrons. The van der Waals surface area contributed by atoms with Crippen molar-refractivity contribution in [1.82, 2.24) is 0 Å². The van der Waals surface area contributed by atoms with Crippen LogP contribution in [0.2, 0.25) is 0 Å². The first-order valence-electron chi connectivity index (χ1n) is 1.34. The fourth-order valence-electron chi connectivity index (χ4n) is 0. The number of hydrogen-bond donors (Lipinski definition) is 0. The molecular formula is C6N6-6. The average Bonchev–Trinajstić information content (AvgIpc) is 2.33. The predicted molar refractivity (Wildman–Crippen MR) is 29.8 cm³/mol. The van der Waals surface area contributed by atoms with E-state index < -0.39 is 0 Å². The summed E-state index contributed by atoms with van der Waals surface area (Å²) in [7, 11) is 0. The zero-order valence-corrected chi connectivity index (χ0v) is 5.68. The Morgan fingerprint density at radius 1 is 0.250 bits per heavy atom. The van der Waals surface area contributed by atoms with Gasteiger partial charge in [0.15, 0.2) is 0 Å². The van der Waals surface area contributed by atoms with Crippen LogP contribution < -0.4 is 0 Å². The van der Waals surface area contributed by atoms with Gasteiger partial charge in [0, 0.05) is 0 Å². The molecule has 0 aromatic rings. The van der Waals surface area contributed by atoms with Gasteiger partial charge in [-0.25, -0.2) is 0 Å². The van der Waals surface area contributed by atoms with Crippen molar-refractivity contribution in [3.8, 4) is 0 Å². The molecule has 0 aliphatic heterocycles. The van der Waals surface area contributed by atoms with Crippen molar-refractivity contribution in [3.63, 3.8) is 0 Å². The van der Waals surface area contributed by atoms with Crippen molar-refractivity contribution in [2.75, 3.05) is 0 Å². The van der Waals surface area contributed by atoms with Crippen LogP contribution in [0.25, 0.3) is 0 Å². The van der Waals surface area contributed by atoms with E-state index in [1.54, 1.807) is 0 Å². The lowest BCUT2D eigenvalue weighted by atomic mass is 11.9. The molecule has 0 amide bonds. The van der Waals surface area contributed by atoms with Gasteiger partial charge in [0.05, 0.1) is 0 Å². The van der Waals surface area contributed by atoms with Crippen LogP contribution in [0.4, 0.5) is 0 Å². The fourth-order valence-corrected chi connectivity index (χ4v) is 0. The Morgan fingerprint density at radius 3 is 0.250 bits per heavy atom. The van der Waals surface area contributed by atoms with E-state index in [9.17, 15) is 0 Å². The Hall–Kier alpha value is -3.06. The Bertz CT molecular complexity index is 87.1. The second-order valence-electron chi connectivity index (χ2n) is 0. The van der Waals surface area contributed by atoms with Crippen molar-refractivity contribution in [2.24, 2.45) is 0 Å². The number of hydrogen-bond acceptors (Lipinski definition) is 6. The molecule has 60 valence electrons. The SMILES string of the molecule is [C-]#N.[C-]#N.[C-]#N.[C-]#N.[C-]#N.[C-]#N. The quantitative estimate of drug-likeness (QED) is 0.469. The Morgan fingerprint density at radius 2 is 0.250 bits per heavy atom. The topological polar surface area (TPSA) is 143 Å². The normalized spacial score (nSPS) is 1.00. The molecule has 0 saturated carbocycles. The zero-order valence-electron chi connectivity index (χ0n) is 5.68. The van der Waals surface area contributed by atoms with E-state index in [4.69, 9.17) is 71.0 Å². The summed E-state index contributed by atoms with van der Waals surface area (Å²) in [5.41, 5.74) is 0. The van der Waals surface area contributed by atoms with E-state index in [2.05, 4.69) is 0 Å². The van der Waals surface area contributed by atoms with Gasteiger partial charge in [-0.15, -0.1) is 0 Å². The summed E-state index contributed by atoms with van der Waals surface area (Å²) in [6.45, 7) is 28.5. The maximum absolute atomic E-state index is 6.25. The molecule has 0 spiro atoms. The smallest absolute Gasteiger partial charge is 0.488 e. The highest BCUT2D eigenvalue weighted by atomic mass is 14.2. The standard InChI is InChI=1S/6CN/c6*1-2/q6*-1. The molecule has 0 fully saturated rings. The minimum Gasteiger partial charge on any atom is -0.512 e. The summed E-state index contributed by atoms with van der Waals surface area (Å²) in [5, 5.41) is 37.5. The van der Waals surface area contributed by atoms with Gasteiger partial charge >= 0.3 is 0 Å². The molecule has 0 rings (SSSR count). The molecule has 0 aromatic heterocycles. The molecule has 0 unspecified atom stereocenters. The lowest BCUT2D eigenvalue weighted by Crippen LogP contribution is -0.530. The van der Waals surface area contributed by atoms with Crippen LogP contribution in [-0.4, -0.2) is 0 Å². The first kappa shape index (κ1) is 65.2. The summed E-state index contributed by atoms with van der Waals surface area (Å²) >= 11 is 0. The minimum atomic E-state index is 4.75. The first-order chi connectivity index (χ1) is 6.00. The summed E-state index contributed by atoms with van der Waals surface area (Å²) < 4.78 is 0. The molecule has 0 N–H and O–H groups in total. The van der Waals surface area contributed by atoms with Crippen LogP contribution in [-0.2, 0) is 0 Å². The molecular weight excluding hydrogens is 156 g/mol. The van der Waals surface area contributed by atoms with Gasteiger partial charge in [-0.3, -0.25) is 0 Å². The summed E-state index contributed by atoms with van der Waals surface area (Å²) in [6, 6.07) is 0. The van der Waals surface area contributed by atoms with Gasteiger partial charge in [0.1, 0.15) is 0 Å². The predicted octanol–water partition coefficient (Wildman–Crippen LogP) is 0.578. The van der Waals surface area contributed by atoms with Crippen molar-refractivity contribution in [1.29, 1.82) is 31.6 Å². The Balaban J connectivity index is -0.00000000900. The Labute approximate surface area is 71.9 Å². The monoisotopic (exact) mass is 156 g/mol. The molecule has 6 heteroatoms. The molecule has 0 aliphatic carbocycles. The summed E-state index contributed by atoms with van der Waals surface area (Å²) in [4.78, 5) is 0. The first-order valence-corrected chi connectivity index (χ1v) is 1.34. The summed E-state index contributed by atoms with van der Waals surface area (Å²) in [5.74, 6) is 0. The van der Waals surface area contributed by atoms with Crippen LogP contribution in [0.3, 0.4) is 0 Å². The van der Waals surface area contributed by atoms with Crippen molar-refractivity contribution in [2.45, 2.75) is 0 Å². The highest BCUT2D eigenvalue weighted by molar-refractivity contribution is 3.45. The molecule has 6 nitrogen and oxygen atoms in total. The van der Waals surface area contributed by atoms with Crippen LogP contribution >= 0.6 is 0 Å². The van der Waals surface area contributed by atoms with Crippen LogP contribution in [0, 0.1) is 71.0 Å². The van der Waals surface area contributed by atoms with Gasteiger partial charge in [-0.05, 0) is 0 Å². The fraction of sp³-hybridized carbons (Fsp3) is 0. The van der Waals surface area contributed by atoms with E-state index >= 15 is 0 Å². The molecule has 0 heterocycles. The van der Waals surface area contributed by atoms with Crippen molar-refractivity contribution >= 4 is 0 Å². The third-order valence-corrected chi connectivity index (χ3v) is 0. The molecule has 0 saturated heterocycles. The average molecular weight is 156 g/mol. The lowest BCUT2D eigenvalue weighted by molar-refractivity contribution is 1.53. The maximum Gasteiger partial charge on any atom is -0.488 e. The minimum absolute atomic E-state index is 4.75. The molecule has 0 aromatic carbocycles. The largest absolute Gasteiger partial charge is 0.512 e. The van der Waals surface area contributed by atoms with Gasteiger partial charge in [-0.1, -0.05) is 0 Å². The van der Waals surface area contributed by atoms with Crippen molar-refractivity contribution in [3.05, 3.63) is 39.4 Å². The highest BCUT2D eigenvalue weighted by Crippen LogP contribution is 0.636. The second-order valence-corrected chi connectivity index (χ2v) is 0. The van der Waals surface area contributed by atoms with Gasteiger partial charge < -0.3 is 71.0 Å². The number of rotatable bonds is 0. The van der Waals surface area contributed by atoms with Crippen LogP contribution in [0.5, 0.6) is 0 Å². The number of nitrogens with zero attached hydrogens (tertiary/aromatic N) is 6. The molecule has 0 aliphatic rings. The van der Waals surface area contributed by atoms with Gasteiger partial charge in [0.25, 0.3) is 0 Å². The molecule has 12 heavy (non-hydrogen) atoms. The van der Waals surface area contributed by atoms with Gasteiger partial charge in [-0.2, -0.15) is 0 Å². The third kappa shape index (κ3) is 26.2. The lowest BCUT2D eigenvalue weighted by Gasteiger charge is -1.08. The van der Waals surface area contributed by atoms with E-state index in [0.717, 1.165) is 0 Å². The van der Waals surface area contributed by atoms with E-state index in [1.807, 2.05) is 0 Å². The second kappa shape index (κ2) is 40.8. The third-order valence-electron chi connectivity index (χ3n) is 0. The van der Waals surface area contributed by atoms with Crippen molar-refractivity contribution < 1.29 is 0 Å². The van der Waals surface area contributed by atoms with Crippen LogP contribution in [0.15, 0.2) is 0 Å². The maximum atomic E-state index is 6.25. The van der Waals surface area contributed by atoms with E-state index in [0.29, 0.717) is 0 Å². The summed E-state index contributed by atoms with van der Waals surface area (Å²) in [6.07, 6.45) is 0. The molecule has 0 atom stereocenters. The van der Waals surface area contributed by atoms with Crippen LogP contribution in [0.1, 0.15) is 0 Å². The Kier molecular flexibility index (Phi) is 222. The van der Waals surface area contributed by atoms with Gasteiger partial charge in [0.2, 0.25) is 0 Å². The highest BCUT2D eigenvalue weighted by Gasteiger charge is 0.0875. The zero-order chi connectivity index (χ0) is 12.0. The molecule has 0 bridgehead atoms.